The van der Waals surface area contributed by atoms with Gasteiger partial charge in [0.05, 0.1) is 12.9 Å². The summed E-state index contributed by atoms with van der Waals surface area (Å²) in [6.45, 7) is 10.4. The van der Waals surface area contributed by atoms with Crippen molar-refractivity contribution in [3.63, 3.8) is 0 Å². The van der Waals surface area contributed by atoms with E-state index in [4.69, 9.17) is 9.16 Å². The molecule has 0 heterocycles. The van der Waals surface area contributed by atoms with Crippen LogP contribution >= 0.6 is 0 Å². The second kappa shape index (κ2) is 5.21. The summed E-state index contributed by atoms with van der Waals surface area (Å²) in [6, 6.07) is 7.99. The number of rotatable bonds is 5. The van der Waals surface area contributed by atoms with Crippen molar-refractivity contribution in [1.82, 2.24) is 0 Å². The van der Waals surface area contributed by atoms with Gasteiger partial charge in [-0.1, -0.05) is 18.7 Å². The van der Waals surface area contributed by atoms with E-state index in [0.29, 0.717) is 0 Å². The van der Waals surface area contributed by atoms with Gasteiger partial charge in [0.25, 0.3) is 0 Å². The molecule has 0 bridgehead atoms. The molecule has 2 nitrogen and oxygen atoms in total. The molecule has 0 saturated carbocycles. The fourth-order valence-electron chi connectivity index (χ4n) is 1.44. The Balaban J connectivity index is 2.56. The van der Waals surface area contributed by atoms with Crippen LogP contribution in [-0.2, 0) is 10.8 Å². The van der Waals surface area contributed by atoms with Crippen molar-refractivity contribution >= 4 is 8.32 Å². The molecule has 1 aromatic rings. The standard InChI is InChI=1S/C13H20O2Si/c1-11(15-16(3,4)5)10-12-6-8-13(14-2)9-7-12/h6-9H,1,10H2,2-5H3. The van der Waals surface area contributed by atoms with Crippen LogP contribution in [0, 0.1) is 0 Å². The monoisotopic (exact) mass is 236 g/mol. The average Bonchev–Trinajstić information content (AvgIpc) is 2.16. The van der Waals surface area contributed by atoms with Gasteiger partial charge < -0.3 is 9.16 Å². The third-order valence-electron chi connectivity index (χ3n) is 2.01. The van der Waals surface area contributed by atoms with Crippen molar-refractivity contribution in [2.75, 3.05) is 7.11 Å². The summed E-state index contributed by atoms with van der Waals surface area (Å²) in [7, 11) is 0.153. The fraction of sp³-hybridized carbons (Fsp3) is 0.385. The molecule has 0 saturated heterocycles. The molecule has 0 amide bonds. The van der Waals surface area contributed by atoms with Crippen molar-refractivity contribution in [1.29, 1.82) is 0 Å². The first-order chi connectivity index (χ1) is 7.40. The zero-order chi connectivity index (χ0) is 12.2. The molecule has 88 valence electrons. The van der Waals surface area contributed by atoms with Crippen LogP contribution in [0.1, 0.15) is 5.56 Å². The van der Waals surface area contributed by atoms with Gasteiger partial charge in [0.2, 0.25) is 8.32 Å². The SMILES string of the molecule is C=C(Cc1ccc(OC)cc1)O[Si](C)(C)C. The van der Waals surface area contributed by atoms with Gasteiger partial charge in [-0.05, 0) is 37.3 Å². The number of allylic oxidation sites excluding steroid dienone is 1. The third-order valence-corrected chi connectivity index (χ3v) is 2.91. The lowest BCUT2D eigenvalue weighted by atomic mass is 10.1. The highest BCUT2D eigenvalue weighted by Gasteiger charge is 2.16. The minimum atomic E-state index is -1.52. The van der Waals surface area contributed by atoms with Gasteiger partial charge in [-0.15, -0.1) is 0 Å². The molecule has 0 radical (unpaired) electrons. The summed E-state index contributed by atoms with van der Waals surface area (Å²) in [4.78, 5) is 0. The van der Waals surface area contributed by atoms with Crippen LogP contribution in [0.4, 0.5) is 0 Å². The first kappa shape index (κ1) is 12.8. The Morgan fingerprint density at radius 3 is 2.19 bits per heavy atom. The maximum Gasteiger partial charge on any atom is 0.241 e. The van der Waals surface area contributed by atoms with Crippen molar-refractivity contribution in [2.24, 2.45) is 0 Å². The Morgan fingerprint density at radius 1 is 1.19 bits per heavy atom. The van der Waals surface area contributed by atoms with Crippen LogP contribution in [0.5, 0.6) is 5.75 Å². The average molecular weight is 236 g/mol. The van der Waals surface area contributed by atoms with Crippen molar-refractivity contribution in [2.45, 2.75) is 26.1 Å². The van der Waals surface area contributed by atoms with Crippen LogP contribution in [-0.4, -0.2) is 15.4 Å². The Bertz CT molecular complexity index is 349. The van der Waals surface area contributed by atoms with E-state index in [1.54, 1.807) is 7.11 Å². The van der Waals surface area contributed by atoms with Gasteiger partial charge in [0, 0.05) is 6.42 Å². The number of hydrogen-bond acceptors (Lipinski definition) is 2. The summed E-state index contributed by atoms with van der Waals surface area (Å²) in [6.07, 6.45) is 0.772. The predicted molar refractivity (Wildman–Crippen MR) is 70.3 cm³/mol. The van der Waals surface area contributed by atoms with Crippen LogP contribution in [0.15, 0.2) is 36.6 Å². The summed E-state index contributed by atoms with van der Waals surface area (Å²) in [5.41, 5.74) is 1.20. The predicted octanol–water partition coefficient (Wildman–Crippen LogP) is 3.60. The molecular weight excluding hydrogens is 216 g/mol. The number of benzene rings is 1. The molecule has 0 unspecified atom stereocenters. The van der Waals surface area contributed by atoms with Crippen molar-refractivity contribution in [3.05, 3.63) is 42.2 Å². The molecule has 0 aromatic heterocycles. The Kier molecular flexibility index (Phi) is 4.18. The topological polar surface area (TPSA) is 18.5 Å². The van der Waals surface area contributed by atoms with Crippen LogP contribution in [0.2, 0.25) is 19.6 Å². The molecule has 0 aliphatic rings. The first-order valence-corrected chi connectivity index (χ1v) is 8.81. The van der Waals surface area contributed by atoms with Crippen LogP contribution in [0.25, 0.3) is 0 Å². The summed E-state index contributed by atoms with van der Waals surface area (Å²) < 4.78 is 10.9. The van der Waals surface area contributed by atoms with E-state index >= 15 is 0 Å². The van der Waals surface area contributed by atoms with Crippen LogP contribution in [0.3, 0.4) is 0 Å². The number of hydrogen-bond donors (Lipinski definition) is 0. The molecule has 1 aromatic carbocycles. The Labute approximate surface area is 99.0 Å². The van der Waals surface area contributed by atoms with E-state index < -0.39 is 8.32 Å². The highest BCUT2D eigenvalue weighted by Crippen LogP contribution is 2.16. The van der Waals surface area contributed by atoms with E-state index in [9.17, 15) is 0 Å². The van der Waals surface area contributed by atoms with Gasteiger partial charge in [0.15, 0.2) is 0 Å². The van der Waals surface area contributed by atoms with Gasteiger partial charge in [-0.3, -0.25) is 0 Å². The molecule has 16 heavy (non-hydrogen) atoms. The van der Waals surface area contributed by atoms with E-state index in [1.807, 2.05) is 24.3 Å². The number of ether oxygens (including phenoxy) is 1. The third kappa shape index (κ3) is 4.53. The lowest BCUT2D eigenvalue weighted by molar-refractivity contribution is 0.410. The smallest absolute Gasteiger partial charge is 0.241 e. The van der Waals surface area contributed by atoms with E-state index in [1.165, 1.54) is 5.56 Å². The summed E-state index contributed by atoms with van der Waals surface area (Å²) in [5, 5.41) is 0. The zero-order valence-corrected chi connectivity index (χ0v) is 11.5. The van der Waals surface area contributed by atoms with E-state index in [0.717, 1.165) is 17.9 Å². The quantitative estimate of drug-likeness (QED) is 0.574. The van der Waals surface area contributed by atoms with Crippen molar-refractivity contribution < 1.29 is 9.16 Å². The normalized spacial score (nSPS) is 11.0. The van der Waals surface area contributed by atoms with Gasteiger partial charge in [0.1, 0.15) is 5.75 Å². The largest absolute Gasteiger partial charge is 0.548 e. The highest BCUT2D eigenvalue weighted by atomic mass is 28.4. The second-order valence-corrected chi connectivity index (χ2v) is 9.21. The minimum Gasteiger partial charge on any atom is -0.548 e. The van der Waals surface area contributed by atoms with Crippen molar-refractivity contribution in [3.8, 4) is 5.75 Å². The fourth-order valence-corrected chi connectivity index (χ4v) is 2.38. The first-order valence-electron chi connectivity index (χ1n) is 5.40. The molecule has 0 aliphatic heterocycles. The second-order valence-electron chi connectivity index (χ2n) is 4.78. The molecule has 0 atom stereocenters. The molecule has 3 heteroatoms. The number of methoxy groups -OCH3 is 1. The zero-order valence-electron chi connectivity index (χ0n) is 10.5. The molecule has 1 rings (SSSR count). The summed E-state index contributed by atoms with van der Waals surface area (Å²) in [5.74, 6) is 1.73. The van der Waals surface area contributed by atoms with Crippen LogP contribution < -0.4 is 4.74 Å². The minimum absolute atomic E-state index is 0.772. The maximum absolute atomic E-state index is 5.81. The lowest BCUT2D eigenvalue weighted by Crippen LogP contribution is -2.25. The molecule has 0 spiro atoms. The molecule has 0 N–H and O–H groups in total. The Hall–Kier alpha value is -1.22. The van der Waals surface area contributed by atoms with Gasteiger partial charge >= 0.3 is 0 Å². The molecular formula is C13H20O2Si. The lowest BCUT2D eigenvalue weighted by Gasteiger charge is -2.21. The van der Waals surface area contributed by atoms with Gasteiger partial charge in [-0.2, -0.15) is 0 Å². The molecule has 0 fully saturated rings. The van der Waals surface area contributed by atoms with E-state index in [2.05, 4.69) is 26.2 Å². The Morgan fingerprint density at radius 2 is 1.75 bits per heavy atom. The van der Waals surface area contributed by atoms with Gasteiger partial charge in [-0.25, -0.2) is 0 Å². The molecule has 0 aliphatic carbocycles. The maximum atomic E-state index is 5.81. The van der Waals surface area contributed by atoms with E-state index in [-0.39, 0.29) is 0 Å². The summed E-state index contributed by atoms with van der Waals surface area (Å²) >= 11 is 0. The highest BCUT2D eigenvalue weighted by molar-refractivity contribution is 6.70.